The second-order valence-corrected chi connectivity index (χ2v) is 4.64. The molecule has 4 heteroatoms. The Kier molecular flexibility index (Phi) is 3.46. The number of nitrogens with zero attached hydrogens (tertiary/aromatic N) is 3. The number of hydrogen-bond acceptors (Lipinski definition) is 3. The number of pyridine rings is 1. The highest BCUT2D eigenvalue weighted by atomic mass is 15.1. The van der Waals surface area contributed by atoms with Gasteiger partial charge in [-0.2, -0.15) is 0 Å². The Morgan fingerprint density at radius 3 is 2.80 bits per heavy atom. The Morgan fingerprint density at radius 1 is 1.10 bits per heavy atom. The van der Waals surface area contributed by atoms with Gasteiger partial charge in [-0.3, -0.25) is 4.98 Å². The molecule has 0 aliphatic rings. The monoisotopic (exact) mass is 264 g/mol. The van der Waals surface area contributed by atoms with Crippen LogP contribution < -0.4 is 5.32 Å². The van der Waals surface area contributed by atoms with Gasteiger partial charge >= 0.3 is 0 Å². The van der Waals surface area contributed by atoms with Crippen molar-refractivity contribution in [2.75, 3.05) is 5.32 Å². The summed E-state index contributed by atoms with van der Waals surface area (Å²) in [6, 6.07) is 10.2. The van der Waals surface area contributed by atoms with Crippen LogP contribution in [0, 0.1) is 6.92 Å². The Hall–Kier alpha value is -2.62. The zero-order valence-corrected chi connectivity index (χ0v) is 11.3. The molecule has 1 N–H and O–H groups in total. The minimum Gasteiger partial charge on any atom is -0.379 e. The average molecular weight is 264 g/mol. The van der Waals surface area contributed by atoms with Gasteiger partial charge < -0.3 is 9.88 Å². The number of para-hydroxylation sites is 2. The van der Waals surface area contributed by atoms with E-state index in [2.05, 4.69) is 34.3 Å². The van der Waals surface area contributed by atoms with E-state index in [4.69, 9.17) is 0 Å². The van der Waals surface area contributed by atoms with Crippen LogP contribution >= 0.6 is 0 Å². The molecule has 4 nitrogen and oxygen atoms in total. The number of anilines is 1. The van der Waals surface area contributed by atoms with Gasteiger partial charge in [0.2, 0.25) is 0 Å². The first-order chi connectivity index (χ1) is 9.84. The molecule has 0 spiro atoms. The first-order valence-corrected chi connectivity index (χ1v) is 6.55. The van der Waals surface area contributed by atoms with E-state index in [1.54, 1.807) is 12.5 Å². The zero-order chi connectivity index (χ0) is 13.8. The van der Waals surface area contributed by atoms with Crippen LogP contribution in [0.2, 0.25) is 0 Å². The maximum Gasteiger partial charge on any atom is 0.0992 e. The van der Waals surface area contributed by atoms with Crippen LogP contribution in [-0.4, -0.2) is 14.5 Å². The van der Waals surface area contributed by atoms with Gasteiger partial charge in [0.1, 0.15) is 0 Å². The van der Waals surface area contributed by atoms with Gasteiger partial charge in [-0.15, -0.1) is 0 Å². The number of imidazole rings is 1. The first-order valence-electron chi connectivity index (χ1n) is 6.55. The average Bonchev–Trinajstić information content (AvgIpc) is 3.01. The third kappa shape index (κ3) is 2.54. The fraction of sp³-hybridized carbons (Fsp3) is 0.125. The Balaban J connectivity index is 1.84. The highest BCUT2D eigenvalue weighted by molar-refractivity contribution is 5.61. The molecule has 1 aromatic carbocycles. The van der Waals surface area contributed by atoms with Crippen LogP contribution in [0.25, 0.3) is 5.69 Å². The van der Waals surface area contributed by atoms with E-state index in [1.165, 1.54) is 11.1 Å². The summed E-state index contributed by atoms with van der Waals surface area (Å²) < 4.78 is 2.00. The van der Waals surface area contributed by atoms with Crippen LogP contribution in [0.3, 0.4) is 0 Å². The fourth-order valence-corrected chi connectivity index (χ4v) is 2.12. The third-order valence-electron chi connectivity index (χ3n) is 3.30. The Labute approximate surface area is 118 Å². The molecule has 0 atom stereocenters. The molecule has 100 valence electrons. The summed E-state index contributed by atoms with van der Waals surface area (Å²) in [6.07, 6.45) is 9.24. The number of nitrogens with one attached hydrogen (secondary N) is 1. The lowest BCUT2D eigenvalue weighted by Crippen LogP contribution is -2.05. The van der Waals surface area contributed by atoms with Crippen molar-refractivity contribution in [3.8, 4) is 5.69 Å². The van der Waals surface area contributed by atoms with E-state index in [0.717, 1.165) is 17.9 Å². The van der Waals surface area contributed by atoms with Gasteiger partial charge in [0, 0.05) is 31.3 Å². The molecule has 0 saturated heterocycles. The standard InChI is InChI=1S/C16H16N4/c1-13-6-7-17-10-14(13)11-19-15-4-2-3-5-16(15)20-9-8-18-12-20/h2-10,12,19H,11H2,1H3. The predicted octanol–water partition coefficient (Wildman–Crippen LogP) is 3.19. The zero-order valence-electron chi connectivity index (χ0n) is 11.3. The molecule has 0 aliphatic heterocycles. The molecule has 0 unspecified atom stereocenters. The molecule has 3 rings (SSSR count). The molecule has 0 aliphatic carbocycles. The van der Waals surface area contributed by atoms with Gasteiger partial charge in [-0.25, -0.2) is 4.98 Å². The van der Waals surface area contributed by atoms with Crippen molar-refractivity contribution < 1.29 is 0 Å². The van der Waals surface area contributed by atoms with Crippen LogP contribution in [0.1, 0.15) is 11.1 Å². The summed E-state index contributed by atoms with van der Waals surface area (Å²) in [4.78, 5) is 8.27. The Morgan fingerprint density at radius 2 is 2.00 bits per heavy atom. The molecule has 0 radical (unpaired) electrons. The minimum absolute atomic E-state index is 0.755. The van der Waals surface area contributed by atoms with Crippen LogP contribution in [0.15, 0.2) is 61.4 Å². The maximum atomic E-state index is 4.17. The van der Waals surface area contributed by atoms with Crippen LogP contribution in [-0.2, 0) is 6.54 Å². The quantitative estimate of drug-likeness (QED) is 0.787. The minimum atomic E-state index is 0.755. The number of aryl methyl sites for hydroxylation is 1. The normalized spacial score (nSPS) is 10.4. The van der Waals surface area contributed by atoms with Crippen molar-refractivity contribution in [3.63, 3.8) is 0 Å². The van der Waals surface area contributed by atoms with Crippen LogP contribution in [0.4, 0.5) is 5.69 Å². The summed E-state index contributed by atoms with van der Waals surface area (Å²) >= 11 is 0. The van der Waals surface area contributed by atoms with Crippen molar-refractivity contribution in [1.29, 1.82) is 0 Å². The maximum absolute atomic E-state index is 4.17. The van der Waals surface area contributed by atoms with E-state index < -0.39 is 0 Å². The molecular weight excluding hydrogens is 248 g/mol. The lowest BCUT2D eigenvalue weighted by Gasteiger charge is -2.13. The van der Waals surface area contributed by atoms with Crippen molar-refractivity contribution >= 4 is 5.69 Å². The molecule has 0 fully saturated rings. The fourth-order valence-electron chi connectivity index (χ4n) is 2.12. The van der Waals surface area contributed by atoms with Gasteiger partial charge in [-0.1, -0.05) is 12.1 Å². The van der Waals surface area contributed by atoms with Crippen molar-refractivity contribution in [3.05, 3.63) is 72.6 Å². The second-order valence-electron chi connectivity index (χ2n) is 4.64. The van der Waals surface area contributed by atoms with Gasteiger partial charge in [-0.05, 0) is 36.2 Å². The van der Waals surface area contributed by atoms with E-state index in [-0.39, 0.29) is 0 Å². The largest absolute Gasteiger partial charge is 0.379 e. The molecule has 0 bridgehead atoms. The van der Waals surface area contributed by atoms with Crippen LogP contribution in [0.5, 0.6) is 0 Å². The van der Waals surface area contributed by atoms with Crippen molar-refractivity contribution in [2.24, 2.45) is 0 Å². The molecular formula is C16H16N4. The third-order valence-corrected chi connectivity index (χ3v) is 3.30. The molecule has 0 saturated carbocycles. The van der Waals surface area contributed by atoms with E-state index in [0.29, 0.717) is 0 Å². The highest BCUT2D eigenvalue weighted by Gasteiger charge is 2.04. The van der Waals surface area contributed by atoms with E-state index in [9.17, 15) is 0 Å². The first kappa shape index (κ1) is 12.4. The molecule has 2 aromatic heterocycles. The smallest absolute Gasteiger partial charge is 0.0992 e. The van der Waals surface area contributed by atoms with Gasteiger partial charge in [0.05, 0.1) is 17.7 Å². The number of aromatic nitrogens is 3. The van der Waals surface area contributed by atoms with E-state index in [1.807, 2.05) is 41.4 Å². The topological polar surface area (TPSA) is 42.7 Å². The summed E-state index contributed by atoms with van der Waals surface area (Å²) in [5, 5.41) is 3.47. The number of benzene rings is 1. The lowest BCUT2D eigenvalue weighted by molar-refractivity contribution is 1.03. The van der Waals surface area contributed by atoms with Gasteiger partial charge in [0.15, 0.2) is 0 Å². The second kappa shape index (κ2) is 5.57. The van der Waals surface area contributed by atoms with Crippen molar-refractivity contribution in [2.45, 2.75) is 13.5 Å². The summed E-state index contributed by atoms with van der Waals surface area (Å²) in [6.45, 7) is 2.85. The molecule has 0 amide bonds. The Bertz CT molecular complexity index is 689. The summed E-state index contributed by atoms with van der Waals surface area (Å²) in [7, 11) is 0. The van der Waals surface area contributed by atoms with E-state index >= 15 is 0 Å². The SMILES string of the molecule is Cc1ccncc1CNc1ccccc1-n1ccnc1. The molecule has 2 heterocycles. The van der Waals surface area contributed by atoms with Gasteiger partial charge in [0.25, 0.3) is 0 Å². The van der Waals surface area contributed by atoms with Crippen molar-refractivity contribution in [1.82, 2.24) is 14.5 Å². The number of hydrogen-bond donors (Lipinski definition) is 1. The summed E-state index contributed by atoms with van der Waals surface area (Å²) in [5.41, 5.74) is 4.61. The highest BCUT2D eigenvalue weighted by Crippen LogP contribution is 2.20. The predicted molar refractivity (Wildman–Crippen MR) is 79.9 cm³/mol. The molecule has 3 aromatic rings. The molecule has 20 heavy (non-hydrogen) atoms. The number of rotatable bonds is 4. The lowest BCUT2D eigenvalue weighted by atomic mass is 10.1. The summed E-state index contributed by atoms with van der Waals surface area (Å²) in [5.74, 6) is 0.